The van der Waals surface area contributed by atoms with Crippen molar-refractivity contribution in [2.75, 3.05) is 31.7 Å². The second-order valence-electron chi connectivity index (χ2n) is 14.1. The molecule has 0 aliphatic carbocycles. The van der Waals surface area contributed by atoms with Gasteiger partial charge in [0.15, 0.2) is 11.8 Å². The van der Waals surface area contributed by atoms with Crippen LogP contribution >= 0.6 is 0 Å². The van der Waals surface area contributed by atoms with E-state index in [0.717, 1.165) is 29.8 Å². The van der Waals surface area contributed by atoms with Gasteiger partial charge in [-0.05, 0) is 84.2 Å². The van der Waals surface area contributed by atoms with Crippen molar-refractivity contribution in [1.82, 2.24) is 14.6 Å². The second-order valence-corrected chi connectivity index (χ2v) is 14.1. The highest BCUT2D eigenvalue weighted by Gasteiger charge is 2.38. The number of aromatic nitrogens is 3. The standard InChI is InChI=1S/C40H49FN4O5/c1-10-13-26(3)49-33-17-16-30(41)24-31(33)28-14-12-15-29(23-28)32-25-34-42-27(4)35(36(38(46)47-9)50-39(5,6)7)37(45(34)43-32)44-20-18-40(8,19-21-44)48-22-11-2/h10-12,14-17,23-26,36H,1-2,13,18-22H2,3-9H3/t26-,36?/m0/s1. The van der Waals surface area contributed by atoms with Gasteiger partial charge in [0.05, 0.1) is 42.3 Å². The molecule has 1 unspecified atom stereocenters. The minimum Gasteiger partial charge on any atom is -0.490 e. The molecule has 1 fully saturated rings. The molecule has 0 radical (unpaired) electrons. The van der Waals surface area contributed by atoms with Gasteiger partial charge in [0.25, 0.3) is 0 Å². The van der Waals surface area contributed by atoms with Crippen LogP contribution in [0.4, 0.5) is 10.2 Å². The fraction of sp³-hybridized carbons (Fsp3) is 0.425. The molecular formula is C40H49FN4O5. The zero-order valence-corrected chi connectivity index (χ0v) is 30.3. The molecule has 266 valence electrons. The Labute approximate surface area is 294 Å². The van der Waals surface area contributed by atoms with Crippen LogP contribution in [-0.4, -0.2) is 64.7 Å². The maximum atomic E-state index is 14.6. The molecule has 2 atom stereocenters. The number of halogens is 1. The Kier molecular flexibility index (Phi) is 11.1. The van der Waals surface area contributed by atoms with Crippen LogP contribution in [0.5, 0.6) is 5.75 Å². The fourth-order valence-corrected chi connectivity index (χ4v) is 6.32. The van der Waals surface area contributed by atoms with Crippen LogP contribution in [0.15, 0.2) is 73.8 Å². The number of esters is 1. The quantitative estimate of drug-likeness (QED) is 0.102. The van der Waals surface area contributed by atoms with Gasteiger partial charge in [0.2, 0.25) is 0 Å². The monoisotopic (exact) mass is 684 g/mol. The van der Waals surface area contributed by atoms with Crippen LogP contribution in [0.25, 0.3) is 28.0 Å². The van der Waals surface area contributed by atoms with Gasteiger partial charge in [-0.3, -0.25) is 0 Å². The van der Waals surface area contributed by atoms with Gasteiger partial charge < -0.3 is 23.8 Å². The SMILES string of the molecule is C=CCOC1(C)CCN(c2c(C(OC(C)(C)C)C(=O)OC)c(C)nc3cc(-c4cccc(-c5cc(F)ccc5O[C@@H](C)CC=C)c4)nn23)CC1. The molecule has 2 aromatic heterocycles. The summed E-state index contributed by atoms with van der Waals surface area (Å²) < 4.78 is 40.4. The number of ether oxygens (including phenoxy) is 4. The van der Waals surface area contributed by atoms with Crippen molar-refractivity contribution < 1.29 is 28.1 Å². The lowest BCUT2D eigenvalue weighted by Crippen LogP contribution is -2.45. The molecule has 0 amide bonds. The third-order valence-electron chi connectivity index (χ3n) is 8.86. The van der Waals surface area contributed by atoms with Crippen LogP contribution in [-0.2, 0) is 19.0 Å². The normalized spacial score (nSPS) is 15.8. The highest BCUT2D eigenvalue weighted by Crippen LogP contribution is 2.39. The van der Waals surface area contributed by atoms with E-state index >= 15 is 0 Å². The molecule has 1 aliphatic heterocycles. The third kappa shape index (κ3) is 8.25. The number of fused-ring (bicyclic) bond motifs is 1. The molecule has 0 bridgehead atoms. The predicted molar refractivity (Wildman–Crippen MR) is 195 cm³/mol. The molecule has 1 saturated heterocycles. The summed E-state index contributed by atoms with van der Waals surface area (Å²) in [6, 6.07) is 14.2. The summed E-state index contributed by atoms with van der Waals surface area (Å²) in [5, 5.41) is 5.10. The molecule has 0 N–H and O–H groups in total. The minimum atomic E-state index is -1.04. The molecule has 0 saturated carbocycles. The largest absolute Gasteiger partial charge is 0.490 e. The molecule has 3 heterocycles. The highest BCUT2D eigenvalue weighted by molar-refractivity contribution is 5.81. The molecule has 9 nitrogen and oxygen atoms in total. The second kappa shape index (κ2) is 15.1. The summed E-state index contributed by atoms with van der Waals surface area (Å²) in [7, 11) is 1.36. The summed E-state index contributed by atoms with van der Waals surface area (Å²) in [4.78, 5) is 20.6. The maximum Gasteiger partial charge on any atom is 0.339 e. The van der Waals surface area contributed by atoms with Gasteiger partial charge >= 0.3 is 5.97 Å². The number of nitrogens with zero attached hydrogens (tertiary/aromatic N) is 4. The molecule has 50 heavy (non-hydrogen) atoms. The highest BCUT2D eigenvalue weighted by atomic mass is 19.1. The summed E-state index contributed by atoms with van der Waals surface area (Å²) in [6.07, 6.45) is 4.57. The van der Waals surface area contributed by atoms with Crippen molar-refractivity contribution in [3.05, 3.63) is 90.9 Å². The zero-order chi connectivity index (χ0) is 36.2. The van der Waals surface area contributed by atoms with E-state index in [-0.39, 0.29) is 17.5 Å². The Balaban J connectivity index is 1.64. The molecule has 0 spiro atoms. The van der Waals surface area contributed by atoms with Crippen molar-refractivity contribution >= 4 is 17.4 Å². The Hall–Kier alpha value is -4.54. The number of carbonyl (C=O) groups excluding carboxylic acids is 1. The zero-order valence-electron chi connectivity index (χ0n) is 30.3. The van der Waals surface area contributed by atoms with Gasteiger partial charge in [-0.2, -0.15) is 9.61 Å². The van der Waals surface area contributed by atoms with Gasteiger partial charge in [0.1, 0.15) is 17.4 Å². The first kappa shape index (κ1) is 36.7. The summed E-state index contributed by atoms with van der Waals surface area (Å²) in [5.41, 5.74) is 3.79. The number of hydrogen-bond donors (Lipinski definition) is 0. The van der Waals surface area contributed by atoms with Gasteiger partial charge in [-0.1, -0.05) is 30.4 Å². The average molecular weight is 685 g/mol. The Morgan fingerprint density at radius 1 is 1.08 bits per heavy atom. The van der Waals surface area contributed by atoms with E-state index < -0.39 is 17.7 Å². The number of carbonyl (C=O) groups is 1. The third-order valence-corrected chi connectivity index (χ3v) is 8.86. The number of methoxy groups -OCH3 is 1. The van der Waals surface area contributed by atoms with Crippen LogP contribution in [0.2, 0.25) is 0 Å². The van der Waals surface area contributed by atoms with Crippen LogP contribution < -0.4 is 9.64 Å². The minimum absolute atomic E-state index is 0.127. The Bertz CT molecular complexity index is 1850. The molecule has 4 aromatic rings. The lowest BCUT2D eigenvalue weighted by molar-refractivity contribution is -0.164. The number of anilines is 1. The van der Waals surface area contributed by atoms with E-state index in [1.165, 1.54) is 19.2 Å². The lowest BCUT2D eigenvalue weighted by atomic mass is 9.92. The summed E-state index contributed by atoms with van der Waals surface area (Å²) in [6.45, 7) is 21.1. The van der Waals surface area contributed by atoms with E-state index in [4.69, 9.17) is 29.0 Å². The van der Waals surface area contributed by atoms with Crippen LogP contribution in [0.3, 0.4) is 0 Å². The Morgan fingerprint density at radius 3 is 2.46 bits per heavy atom. The van der Waals surface area contributed by atoms with Gasteiger partial charge in [-0.15, -0.1) is 13.2 Å². The van der Waals surface area contributed by atoms with E-state index in [9.17, 15) is 9.18 Å². The van der Waals surface area contributed by atoms with Crippen molar-refractivity contribution in [1.29, 1.82) is 0 Å². The van der Waals surface area contributed by atoms with Crippen molar-refractivity contribution in [2.24, 2.45) is 0 Å². The topological polar surface area (TPSA) is 87.4 Å². The maximum absolute atomic E-state index is 14.6. The molecular weight excluding hydrogens is 635 g/mol. The molecule has 1 aliphatic rings. The predicted octanol–water partition coefficient (Wildman–Crippen LogP) is 8.44. The van der Waals surface area contributed by atoms with E-state index in [1.807, 2.05) is 65.0 Å². The number of piperidine rings is 1. The average Bonchev–Trinajstić information content (AvgIpc) is 3.50. The van der Waals surface area contributed by atoms with E-state index in [2.05, 4.69) is 25.0 Å². The smallest absolute Gasteiger partial charge is 0.339 e. The number of benzene rings is 2. The first-order chi connectivity index (χ1) is 23.8. The first-order valence-corrected chi connectivity index (χ1v) is 17.1. The molecule has 5 rings (SSSR count). The number of rotatable bonds is 13. The summed E-state index contributed by atoms with van der Waals surface area (Å²) in [5.74, 6) is 0.428. The van der Waals surface area contributed by atoms with Crippen molar-refractivity contribution in [2.45, 2.75) is 84.2 Å². The van der Waals surface area contributed by atoms with E-state index in [0.29, 0.717) is 60.0 Å². The van der Waals surface area contributed by atoms with Crippen molar-refractivity contribution in [3.8, 4) is 28.1 Å². The molecule has 10 heteroatoms. The van der Waals surface area contributed by atoms with Crippen molar-refractivity contribution in [3.63, 3.8) is 0 Å². The number of hydrogen-bond acceptors (Lipinski definition) is 8. The fourth-order valence-electron chi connectivity index (χ4n) is 6.32. The number of aryl methyl sites for hydroxylation is 1. The lowest BCUT2D eigenvalue weighted by Gasteiger charge is -2.41. The molecule has 2 aromatic carbocycles. The Morgan fingerprint density at radius 2 is 1.80 bits per heavy atom. The first-order valence-electron chi connectivity index (χ1n) is 17.1. The van der Waals surface area contributed by atoms with Crippen LogP contribution in [0, 0.1) is 12.7 Å². The van der Waals surface area contributed by atoms with Gasteiger partial charge in [-0.25, -0.2) is 14.2 Å². The summed E-state index contributed by atoms with van der Waals surface area (Å²) >= 11 is 0. The van der Waals surface area contributed by atoms with Crippen LogP contribution in [0.1, 0.15) is 71.2 Å². The van der Waals surface area contributed by atoms with Gasteiger partial charge in [0, 0.05) is 42.4 Å². The van der Waals surface area contributed by atoms with E-state index in [1.54, 1.807) is 22.7 Å².